The number of fused-ring (bicyclic) bond motifs is 1. The van der Waals surface area contributed by atoms with Gasteiger partial charge in [0.05, 0.1) is 5.92 Å². The maximum atomic E-state index is 12.7. The van der Waals surface area contributed by atoms with E-state index in [1.807, 2.05) is 4.90 Å². The van der Waals surface area contributed by atoms with Crippen LogP contribution in [0.15, 0.2) is 24.3 Å². The van der Waals surface area contributed by atoms with Crippen molar-refractivity contribution in [1.82, 2.24) is 4.90 Å². The zero-order valence-corrected chi connectivity index (χ0v) is 11.9. The Hall–Kier alpha value is -1.02. The zero-order valence-electron chi connectivity index (χ0n) is 11.1. The van der Waals surface area contributed by atoms with Gasteiger partial charge < -0.3 is 4.90 Å². The molecule has 1 fully saturated rings. The molecule has 0 bridgehead atoms. The minimum atomic E-state index is 0.0804. The van der Waals surface area contributed by atoms with Crippen molar-refractivity contribution in [3.8, 4) is 0 Å². The Kier molecular flexibility index (Phi) is 3.79. The number of carbonyl (C=O) groups excluding carboxylic acids is 1. The molecular weight excluding hydrogens is 258 g/mol. The first-order chi connectivity index (χ1) is 9.25. The highest BCUT2D eigenvalue weighted by molar-refractivity contribution is 6.20. The van der Waals surface area contributed by atoms with Crippen LogP contribution >= 0.6 is 11.6 Å². The molecule has 0 saturated carbocycles. The van der Waals surface area contributed by atoms with E-state index >= 15 is 0 Å². The first kappa shape index (κ1) is 13.0. The van der Waals surface area contributed by atoms with Gasteiger partial charge in [-0.25, -0.2) is 0 Å². The van der Waals surface area contributed by atoms with Gasteiger partial charge in [-0.3, -0.25) is 4.79 Å². The predicted molar refractivity (Wildman–Crippen MR) is 77.6 cm³/mol. The molecule has 1 unspecified atom stereocenters. The van der Waals surface area contributed by atoms with Crippen molar-refractivity contribution in [3.05, 3.63) is 35.4 Å². The van der Waals surface area contributed by atoms with E-state index in [9.17, 15) is 4.79 Å². The number of carbonyl (C=O) groups is 1. The van der Waals surface area contributed by atoms with Gasteiger partial charge in [-0.05, 0) is 43.2 Å². The van der Waals surface area contributed by atoms with E-state index in [0.717, 1.165) is 45.2 Å². The van der Waals surface area contributed by atoms with Crippen LogP contribution in [0, 0.1) is 0 Å². The summed E-state index contributed by atoms with van der Waals surface area (Å²) in [4.78, 5) is 14.7. The third-order valence-electron chi connectivity index (χ3n) is 4.40. The summed E-state index contributed by atoms with van der Waals surface area (Å²) in [7, 11) is 0. The molecule has 102 valence electrons. The SMILES string of the molecule is O=C(C1CCCc2ccccc21)N1CCC(Cl)CC1. The number of aryl methyl sites for hydroxylation is 1. The number of nitrogens with zero attached hydrogens (tertiary/aromatic N) is 1. The van der Waals surface area contributed by atoms with Gasteiger partial charge in [0.15, 0.2) is 0 Å². The minimum absolute atomic E-state index is 0.0804. The van der Waals surface area contributed by atoms with Crippen molar-refractivity contribution in [2.75, 3.05) is 13.1 Å². The van der Waals surface area contributed by atoms with Crippen LogP contribution in [0.25, 0.3) is 0 Å². The number of piperidine rings is 1. The smallest absolute Gasteiger partial charge is 0.230 e. The number of alkyl halides is 1. The molecule has 19 heavy (non-hydrogen) atoms. The van der Waals surface area contributed by atoms with Gasteiger partial charge in [0.25, 0.3) is 0 Å². The highest BCUT2D eigenvalue weighted by Gasteiger charge is 2.31. The monoisotopic (exact) mass is 277 g/mol. The van der Waals surface area contributed by atoms with Crippen molar-refractivity contribution < 1.29 is 4.79 Å². The zero-order chi connectivity index (χ0) is 13.2. The number of rotatable bonds is 1. The largest absolute Gasteiger partial charge is 0.342 e. The molecule has 0 N–H and O–H groups in total. The van der Waals surface area contributed by atoms with E-state index in [4.69, 9.17) is 11.6 Å². The molecule has 1 aromatic rings. The second-order valence-electron chi connectivity index (χ2n) is 5.64. The van der Waals surface area contributed by atoms with Gasteiger partial charge in [-0.2, -0.15) is 0 Å². The Morgan fingerprint density at radius 1 is 1.16 bits per heavy atom. The van der Waals surface area contributed by atoms with Crippen LogP contribution in [0.3, 0.4) is 0 Å². The van der Waals surface area contributed by atoms with E-state index in [1.54, 1.807) is 0 Å². The number of hydrogen-bond acceptors (Lipinski definition) is 1. The first-order valence-corrected chi connectivity index (χ1v) is 7.70. The van der Waals surface area contributed by atoms with Gasteiger partial charge in [0.1, 0.15) is 0 Å². The Labute approximate surface area is 119 Å². The second kappa shape index (κ2) is 5.54. The average molecular weight is 278 g/mol. The summed E-state index contributed by atoms with van der Waals surface area (Å²) < 4.78 is 0. The van der Waals surface area contributed by atoms with E-state index in [1.165, 1.54) is 11.1 Å². The third kappa shape index (κ3) is 2.64. The Morgan fingerprint density at radius 3 is 2.68 bits per heavy atom. The van der Waals surface area contributed by atoms with Crippen molar-refractivity contribution in [2.45, 2.75) is 43.4 Å². The lowest BCUT2D eigenvalue weighted by atomic mass is 9.82. The van der Waals surface area contributed by atoms with E-state index in [-0.39, 0.29) is 11.3 Å². The quantitative estimate of drug-likeness (QED) is 0.721. The lowest BCUT2D eigenvalue weighted by Gasteiger charge is -2.34. The van der Waals surface area contributed by atoms with Crippen LogP contribution in [0.2, 0.25) is 0 Å². The van der Waals surface area contributed by atoms with E-state index < -0.39 is 0 Å². The molecule has 1 atom stereocenters. The fourth-order valence-electron chi connectivity index (χ4n) is 3.30. The predicted octanol–water partition coefficient (Wildman–Crippen LogP) is 3.34. The molecule has 0 aromatic heterocycles. The fraction of sp³-hybridized carbons (Fsp3) is 0.562. The van der Waals surface area contributed by atoms with Gasteiger partial charge in [0.2, 0.25) is 5.91 Å². The Morgan fingerprint density at radius 2 is 1.89 bits per heavy atom. The second-order valence-corrected chi connectivity index (χ2v) is 6.26. The highest BCUT2D eigenvalue weighted by Crippen LogP contribution is 2.33. The molecule has 3 heteroatoms. The minimum Gasteiger partial charge on any atom is -0.342 e. The van der Waals surface area contributed by atoms with Crippen LogP contribution in [-0.2, 0) is 11.2 Å². The summed E-state index contributed by atoms with van der Waals surface area (Å²) >= 11 is 6.12. The van der Waals surface area contributed by atoms with Gasteiger partial charge in [-0.15, -0.1) is 11.6 Å². The molecule has 1 heterocycles. The summed E-state index contributed by atoms with van der Waals surface area (Å²) in [6.45, 7) is 1.65. The van der Waals surface area contributed by atoms with Crippen molar-refractivity contribution in [2.24, 2.45) is 0 Å². The van der Waals surface area contributed by atoms with Crippen LogP contribution in [-0.4, -0.2) is 29.3 Å². The van der Waals surface area contributed by atoms with Crippen LogP contribution in [0.5, 0.6) is 0 Å². The molecular formula is C16H20ClNO. The molecule has 2 aliphatic rings. The molecule has 1 saturated heterocycles. The molecule has 2 nitrogen and oxygen atoms in total. The number of benzene rings is 1. The topological polar surface area (TPSA) is 20.3 Å². The van der Waals surface area contributed by atoms with Gasteiger partial charge in [0, 0.05) is 18.5 Å². The third-order valence-corrected chi connectivity index (χ3v) is 4.84. The van der Waals surface area contributed by atoms with E-state index in [0.29, 0.717) is 5.91 Å². The maximum absolute atomic E-state index is 12.7. The van der Waals surface area contributed by atoms with Gasteiger partial charge >= 0.3 is 0 Å². The standard InChI is InChI=1S/C16H20ClNO/c17-13-8-10-18(11-9-13)16(19)15-7-3-5-12-4-1-2-6-14(12)15/h1-2,4,6,13,15H,3,5,7-11H2. The van der Waals surface area contributed by atoms with Crippen molar-refractivity contribution in [1.29, 1.82) is 0 Å². The van der Waals surface area contributed by atoms with Crippen molar-refractivity contribution in [3.63, 3.8) is 0 Å². The summed E-state index contributed by atoms with van der Waals surface area (Å²) in [5.74, 6) is 0.396. The Bertz CT molecular complexity index is 466. The van der Waals surface area contributed by atoms with Crippen LogP contribution in [0.4, 0.5) is 0 Å². The summed E-state index contributed by atoms with van der Waals surface area (Å²) in [5, 5.41) is 0.252. The summed E-state index contributed by atoms with van der Waals surface area (Å²) in [5.41, 5.74) is 2.62. The molecule has 1 amide bonds. The molecule has 1 aromatic carbocycles. The molecule has 1 aliphatic heterocycles. The molecule has 0 spiro atoms. The lowest BCUT2D eigenvalue weighted by molar-refractivity contribution is -0.134. The number of hydrogen-bond donors (Lipinski definition) is 0. The summed E-state index contributed by atoms with van der Waals surface area (Å²) in [6.07, 6.45) is 5.10. The van der Waals surface area contributed by atoms with Crippen molar-refractivity contribution >= 4 is 17.5 Å². The summed E-state index contributed by atoms with van der Waals surface area (Å²) in [6, 6.07) is 8.42. The fourth-order valence-corrected chi connectivity index (χ4v) is 3.49. The first-order valence-electron chi connectivity index (χ1n) is 7.26. The number of likely N-dealkylation sites (tertiary alicyclic amines) is 1. The van der Waals surface area contributed by atoms with Crippen LogP contribution < -0.4 is 0 Å². The number of halogens is 1. The Balaban J connectivity index is 1.78. The molecule has 1 aliphatic carbocycles. The molecule has 0 radical (unpaired) electrons. The number of amides is 1. The normalized spacial score (nSPS) is 24.1. The average Bonchev–Trinajstić information content (AvgIpc) is 2.47. The lowest BCUT2D eigenvalue weighted by Crippen LogP contribution is -2.42. The van der Waals surface area contributed by atoms with Crippen LogP contribution in [0.1, 0.15) is 42.7 Å². The maximum Gasteiger partial charge on any atom is 0.230 e. The van der Waals surface area contributed by atoms with Gasteiger partial charge in [-0.1, -0.05) is 24.3 Å². The van der Waals surface area contributed by atoms with E-state index in [2.05, 4.69) is 24.3 Å². The molecule has 3 rings (SSSR count). The highest BCUT2D eigenvalue weighted by atomic mass is 35.5.